The van der Waals surface area contributed by atoms with E-state index >= 15 is 0 Å². The Morgan fingerprint density at radius 1 is 1.29 bits per heavy atom. The van der Waals surface area contributed by atoms with Crippen molar-refractivity contribution in [1.29, 1.82) is 0 Å². The molecule has 1 atom stereocenters. The number of halogens is 5. The van der Waals surface area contributed by atoms with Crippen LogP contribution in [0.15, 0.2) is 22.7 Å². The zero-order valence-electron chi connectivity index (χ0n) is 11.2. The third-order valence-corrected chi connectivity index (χ3v) is 3.79. The molecule has 1 fully saturated rings. The molecule has 8 heteroatoms. The predicted octanol–water partition coefficient (Wildman–Crippen LogP) is 2.58. The highest BCUT2D eigenvalue weighted by molar-refractivity contribution is 9.10. The summed E-state index contributed by atoms with van der Waals surface area (Å²) in [6, 6.07) is 2.46. The van der Waals surface area contributed by atoms with Gasteiger partial charge in [0, 0.05) is 30.7 Å². The lowest BCUT2D eigenvalue weighted by Crippen LogP contribution is -2.51. The van der Waals surface area contributed by atoms with Gasteiger partial charge < -0.3 is 10.4 Å². The van der Waals surface area contributed by atoms with Crippen LogP contribution in [0.4, 0.5) is 13.2 Å². The molecule has 1 aliphatic rings. The molecule has 0 amide bonds. The van der Waals surface area contributed by atoms with Gasteiger partial charge in [0.1, 0.15) is 18.5 Å². The largest absolute Gasteiger partial charge is 0.390 e. The van der Waals surface area contributed by atoms with E-state index in [-0.39, 0.29) is 18.0 Å². The highest BCUT2D eigenvalue weighted by Crippen LogP contribution is 2.37. The summed E-state index contributed by atoms with van der Waals surface area (Å²) in [5.74, 6) is -3.91. The number of piperazine rings is 1. The standard InChI is InChI=1S/C13H16BrF3N2O.ClH/c14-10-5-9(6-11(15)7-10)12(13(16,17)8-20)19-3-1-18-2-4-19;/h5-7,12,18,20H,1-4,8H2;1H/t12-;/m0./s1. The van der Waals surface area contributed by atoms with Crippen LogP contribution < -0.4 is 5.32 Å². The van der Waals surface area contributed by atoms with Crippen LogP contribution in [0, 0.1) is 5.82 Å². The molecule has 1 aliphatic heterocycles. The zero-order chi connectivity index (χ0) is 14.8. The highest BCUT2D eigenvalue weighted by atomic mass is 79.9. The second-order valence-corrected chi connectivity index (χ2v) is 5.73. The summed E-state index contributed by atoms with van der Waals surface area (Å²) in [5.41, 5.74) is 0.165. The van der Waals surface area contributed by atoms with Gasteiger partial charge in [-0.1, -0.05) is 15.9 Å². The normalized spacial score (nSPS) is 18.1. The predicted molar refractivity (Wildman–Crippen MR) is 80.6 cm³/mol. The number of aliphatic hydroxyl groups excluding tert-OH is 1. The van der Waals surface area contributed by atoms with Gasteiger partial charge in [-0.15, -0.1) is 12.4 Å². The van der Waals surface area contributed by atoms with Gasteiger partial charge >= 0.3 is 0 Å². The Morgan fingerprint density at radius 3 is 2.43 bits per heavy atom. The molecule has 0 bridgehead atoms. The molecule has 21 heavy (non-hydrogen) atoms. The molecular formula is C13H17BrClF3N2O. The van der Waals surface area contributed by atoms with Gasteiger partial charge in [-0.3, -0.25) is 4.90 Å². The minimum Gasteiger partial charge on any atom is -0.390 e. The van der Waals surface area contributed by atoms with E-state index < -0.39 is 24.4 Å². The van der Waals surface area contributed by atoms with Crippen molar-refractivity contribution in [1.82, 2.24) is 10.2 Å². The van der Waals surface area contributed by atoms with Crippen LogP contribution in [-0.2, 0) is 0 Å². The summed E-state index contributed by atoms with van der Waals surface area (Å²) < 4.78 is 42.1. The average molecular weight is 390 g/mol. The molecule has 1 aromatic rings. The van der Waals surface area contributed by atoms with E-state index in [1.165, 1.54) is 12.1 Å². The molecule has 0 saturated carbocycles. The second kappa shape index (κ2) is 7.78. The summed E-state index contributed by atoms with van der Waals surface area (Å²) in [6.07, 6.45) is 0. The Hall–Kier alpha value is -0.340. The quantitative estimate of drug-likeness (QED) is 0.831. The second-order valence-electron chi connectivity index (χ2n) is 4.81. The van der Waals surface area contributed by atoms with Crippen LogP contribution in [0.1, 0.15) is 11.6 Å². The molecule has 0 aliphatic carbocycles. The summed E-state index contributed by atoms with van der Waals surface area (Å²) >= 11 is 3.12. The van der Waals surface area contributed by atoms with Crippen molar-refractivity contribution in [3.8, 4) is 0 Å². The molecule has 0 aromatic heterocycles. The van der Waals surface area contributed by atoms with E-state index in [9.17, 15) is 13.2 Å². The summed E-state index contributed by atoms with van der Waals surface area (Å²) in [5, 5.41) is 12.1. The van der Waals surface area contributed by atoms with Gasteiger partial charge in [0.25, 0.3) is 5.92 Å². The maximum atomic E-state index is 14.1. The van der Waals surface area contributed by atoms with Crippen LogP contribution >= 0.6 is 28.3 Å². The van der Waals surface area contributed by atoms with Crippen LogP contribution in [0.5, 0.6) is 0 Å². The molecule has 3 nitrogen and oxygen atoms in total. The maximum Gasteiger partial charge on any atom is 0.289 e. The minimum atomic E-state index is -3.33. The third-order valence-electron chi connectivity index (χ3n) is 3.33. The van der Waals surface area contributed by atoms with Crippen molar-refractivity contribution < 1.29 is 18.3 Å². The van der Waals surface area contributed by atoms with Crippen LogP contribution in [0.3, 0.4) is 0 Å². The van der Waals surface area contributed by atoms with E-state index in [1.807, 2.05) is 0 Å². The Balaban J connectivity index is 0.00000220. The topological polar surface area (TPSA) is 35.5 Å². The van der Waals surface area contributed by atoms with Gasteiger partial charge in [0.2, 0.25) is 0 Å². The van der Waals surface area contributed by atoms with E-state index in [4.69, 9.17) is 5.11 Å². The van der Waals surface area contributed by atoms with Crippen molar-refractivity contribution in [3.63, 3.8) is 0 Å². The number of aliphatic hydroxyl groups is 1. The molecule has 120 valence electrons. The lowest BCUT2D eigenvalue weighted by molar-refractivity contribution is -0.118. The summed E-state index contributed by atoms with van der Waals surface area (Å²) in [4.78, 5) is 1.58. The van der Waals surface area contributed by atoms with Gasteiger partial charge in [0.05, 0.1) is 0 Å². The number of hydrogen-bond acceptors (Lipinski definition) is 3. The van der Waals surface area contributed by atoms with Gasteiger partial charge in [-0.05, 0) is 23.8 Å². The summed E-state index contributed by atoms with van der Waals surface area (Å²) in [7, 11) is 0. The number of alkyl halides is 2. The van der Waals surface area contributed by atoms with Crippen LogP contribution in [-0.4, -0.2) is 48.7 Å². The van der Waals surface area contributed by atoms with Crippen LogP contribution in [0.25, 0.3) is 0 Å². The van der Waals surface area contributed by atoms with Gasteiger partial charge in [0.15, 0.2) is 0 Å². The number of nitrogens with zero attached hydrogens (tertiary/aromatic N) is 1. The number of hydrogen-bond donors (Lipinski definition) is 2. The first-order valence-corrected chi connectivity index (χ1v) is 7.13. The minimum absolute atomic E-state index is 0. The smallest absolute Gasteiger partial charge is 0.289 e. The lowest BCUT2D eigenvalue weighted by Gasteiger charge is -2.38. The molecular weight excluding hydrogens is 373 g/mol. The molecule has 0 radical (unpaired) electrons. The Morgan fingerprint density at radius 2 is 1.90 bits per heavy atom. The van der Waals surface area contributed by atoms with E-state index in [1.54, 1.807) is 4.90 Å². The number of nitrogens with one attached hydrogen (secondary N) is 1. The number of rotatable bonds is 4. The zero-order valence-corrected chi connectivity index (χ0v) is 13.6. The molecule has 2 N–H and O–H groups in total. The van der Waals surface area contributed by atoms with Crippen LogP contribution in [0.2, 0.25) is 0 Å². The maximum absolute atomic E-state index is 14.1. The van der Waals surface area contributed by atoms with Crippen molar-refractivity contribution >= 4 is 28.3 Å². The molecule has 2 rings (SSSR count). The van der Waals surface area contributed by atoms with Crippen molar-refractivity contribution in [2.24, 2.45) is 0 Å². The average Bonchev–Trinajstić information content (AvgIpc) is 2.39. The Kier molecular flexibility index (Phi) is 6.93. The fraction of sp³-hybridized carbons (Fsp3) is 0.538. The Bertz CT molecular complexity index is 452. The highest BCUT2D eigenvalue weighted by Gasteiger charge is 2.44. The van der Waals surface area contributed by atoms with Gasteiger partial charge in [-0.25, -0.2) is 13.2 Å². The lowest BCUT2D eigenvalue weighted by atomic mass is 9.98. The SMILES string of the molecule is Cl.OCC(F)(F)[C@H](c1cc(F)cc(Br)c1)N1CCNCC1. The number of benzene rings is 1. The van der Waals surface area contributed by atoms with E-state index in [0.29, 0.717) is 30.7 Å². The first kappa shape index (κ1) is 18.7. The molecule has 0 spiro atoms. The Labute approximate surface area is 136 Å². The monoisotopic (exact) mass is 388 g/mol. The van der Waals surface area contributed by atoms with Gasteiger partial charge in [-0.2, -0.15) is 0 Å². The molecule has 1 heterocycles. The van der Waals surface area contributed by atoms with Crippen molar-refractivity contribution in [2.45, 2.75) is 12.0 Å². The fourth-order valence-electron chi connectivity index (χ4n) is 2.48. The molecule has 1 aromatic carbocycles. The first-order valence-electron chi connectivity index (χ1n) is 6.33. The first-order chi connectivity index (χ1) is 9.44. The van der Waals surface area contributed by atoms with E-state index in [2.05, 4.69) is 21.2 Å². The molecule has 0 unspecified atom stereocenters. The fourth-order valence-corrected chi connectivity index (χ4v) is 2.96. The third kappa shape index (κ3) is 4.56. The summed E-state index contributed by atoms with van der Waals surface area (Å²) in [6.45, 7) is 0.765. The van der Waals surface area contributed by atoms with Crippen molar-refractivity contribution in [3.05, 3.63) is 34.1 Å². The van der Waals surface area contributed by atoms with Crippen molar-refractivity contribution in [2.75, 3.05) is 32.8 Å². The molecule has 1 saturated heterocycles. The van der Waals surface area contributed by atoms with E-state index in [0.717, 1.165) is 6.07 Å².